The molecule has 2 rings (SSSR count). The van der Waals surface area contributed by atoms with Gasteiger partial charge in [0.2, 0.25) is 0 Å². The zero-order valence-corrected chi connectivity index (χ0v) is 16.2. The van der Waals surface area contributed by atoms with Gasteiger partial charge < -0.3 is 10.6 Å². The summed E-state index contributed by atoms with van der Waals surface area (Å²) >= 11 is 13.5. The van der Waals surface area contributed by atoms with Crippen molar-refractivity contribution < 1.29 is 4.79 Å². The first-order valence-corrected chi connectivity index (χ1v) is 8.99. The molecule has 5 nitrogen and oxygen atoms in total. The Morgan fingerprint density at radius 2 is 2.12 bits per heavy atom. The molecule has 0 radical (unpaired) electrons. The summed E-state index contributed by atoms with van der Waals surface area (Å²) in [5.41, 5.74) is 1.72. The molecule has 1 aromatic carbocycles. The number of aromatic nitrogens is 1. The van der Waals surface area contributed by atoms with Gasteiger partial charge in [-0.05, 0) is 44.5 Å². The molecule has 0 aliphatic carbocycles. The van der Waals surface area contributed by atoms with Gasteiger partial charge in [0.15, 0.2) is 5.13 Å². The summed E-state index contributed by atoms with van der Waals surface area (Å²) in [4.78, 5) is 16.7. The number of nitriles is 1. The number of halogens is 2. The fraction of sp³-hybridized carbons (Fsp3) is 0.235. The lowest BCUT2D eigenvalue weighted by Gasteiger charge is -2.06. The van der Waals surface area contributed by atoms with Crippen molar-refractivity contribution in [2.75, 3.05) is 5.32 Å². The van der Waals surface area contributed by atoms with Crippen molar-refractivity contribution in [3.8, 4) is 6.07 Å². The van der Waals surface area contributed by atoms with Crippen molar-refractivity contribution in [3.05, 3.63) is 44.4 Å². The maximum atomic E-state index is 12.0. The number of carbonyl (C=O) groups excluding carboxylic acids is 1. The molecule has 0 atom stereocenters. The van der Waals surface area contributed by atoms with Gasteiger partial charge in [-0.25, -0.2) is 4.98 Å². The Bertz CT molecular complexity index is 868. The molecule has 130 valence electrons. The molecule has 8 heteroatoms. The molecule has 25 heavy (non-hydrogen) atoms. The molecule has 0 aliphatic rings. The second kappa shape index (κ2) is 8.34. The standard InChI is InChI=1S/C17H16Cl2N4OS/c1-9(2)21-16(24)11(8-20)6-14-15(19)23-17(25-14)22-12-5-4-10(3)13(18)7-12/h4-7,9H,1-3H3,(H,21,24)(H,22,23)/b11-6+. The summed E-state index contributed by atoms with van der Waals surface area (Å²) in [6.45, 7) is 5.56. The van der Waals surface area contributed by atoms with Crippen LogP contribution in [0.4, 0.5) is 10.8 Å². The third-order valence-corrected chi connectivity index (χ3v) is 4.82. The van der Waals surface area contributed by atoms with Crippen LogP contribution in [0.1, 0.15) is 24.3 Å². The highest BCUT2D eigenvalue weighted by Crippen LogP contribution is 2.32. The van der Waals surface area contributed by atoms with E-state index in [1.54, 1.807) is 6.07 Å². The number of rotatable bonds is 5. The van der Waals surface area contributed by atoms with E-state index in [0.717, 1.165) is 11.3 Å². The second-order valence-corrected chi connectivity index (χ2v) is 7.36. The summed E-state index contributed by atoms with van der Waals surface area (Å²) in [7, 11) is 0. The number of aryl methyl sites for hydroxylation is 1. The highest BCUT2D eigenvalue weighted by atomic mass is 35.5. The van der Waals surface area contributed by atoms with Gasteiger partial charge in [0.25, 0.3) is 5.91 Å². The fourth-order valence-electron chi connectivity index (χ4n) is 1.87. The van der Waals surface area contributed by atoms with E-state index < -0.39 is 5.91 Å². The van der Waals surface area contributed by atoms with Crippen molar-refractivity contribution in [1.29, 1.82) is 5.26 Å². The van der Waals surface area contributed by atoms with Crippen LogP contribution in [-0.4, -0.2) is 16.9 Å². The largest absolute Gasteiger partial charge is 0.349 e. The third kappa shape index (κ3) is 5.20. The SMILES string of the molecule is Cc1ccc(Nc2nc(Cl)c(/C=C(\C#N)C(=O)NC(C)C)s2)cc1Cl. The molecular formula is C17H16Cl2N4OS. The average Bonchev–Trinajstić information content (AvgIpc) is 2.87. The minimum Gasteiger partial charge on any atom is -0.349 e. The molecular weight excluding hydrogens is 379 g/mol. The Labute approximate surface area is 160 Å². The van der Waals surface area contributed by atoms with Crippen molar-refractivity contribution in [3.63, 3.8) is 0 Å². The summed E-state index contributed by atoms with van der Waals surface area (Å²) in [5.74, 6) is -0.443. The van der Waals surface area contributed by atoms with Crippen LogP contribution in [-0.2, 0) is 4.79 Å². The van der Waals surface area contributed by atoms with Crippen LogP contribution in [0.25, 0.3) is 6.08 Å². The number of benzene rings is 1. The van der Waals surface area contributed by atoms with Gasteiger partial charge in [0, 0.05) is 16.8 Å². The molecule has 1 amide bonds. The van der Waals surface area contributed by atoms with Crippen LogP contribution in [0.5, 0.6) is 0 Å². The van der Waals surface area contributed by atoms with Crippen LogP contribution in [0, 0.1) is 18.3 Å². The zero-order chi connectivity index (χ0) is 18.6. The lowest BCUT2D eigenvalue weighted by Crippen LogP contribution is -2.30. The summed E-state index contributed by atoms with van der Waals surface area (Å²) in [6, 6.07) is 7.38. The Kier molecular flexibility index (Phi) is 6.43. The van der Waals surface area contributed by atoms with Crippen LogP contribution >= 0.6 is 34.5 Å². The number of carbonyl (C=O) groups is 1. The minimum atomic E-state index is -0.443. The molecule has 0 saturated heterocycles. The predicted octanol–water partition coefficient (Wildman–Crippen LogP) is 4.93. The maximum absolute atomic E-state index is 12.0. The maximum Gasteiger partial charge on any atom is 0.262 e. The number of nitrogens with one attached hydrogen (secondary N) is 2. The molecule has 0 unspecified atom stereocenters. The fourth-order valence-corrected chi connectivity index (χ4v) is 3.18. The summed E-state index contributed by atoms with van der Waals surface area (Å²) < 4.78 is 0. The monoisotopic (exact) mass is 394 g/mol. The number of thiazole rings is 1. The number of anilines is 2. The third-order valence-electron chi connectivity index (χ3n) is 3.09. The quantitative estimate of drug-likeness (QED) is 0.556. The van der Waals surface area contributed by atoms with Gasteiger partial charge >= 0.3 is 0 Å². The lowest BCUT2D eigenvalue weighted by atomic mass is 10.2. The highest BCUT2D eigenvalue weighted by Gasteiger charge is 2.14. The van der Waals surface area contributed by atoms with E-state index in [-0.39, 0.29) is 16.8 Å². The Balaban J connectivity index is 2.24. The Morgan fingerprint density at radius 3 is 2.72 bits per heavy atom. The van der Waals surface area contributed by atoms with E-state index in [9.17, 15) is 10.1 Å². The van der Waals surface area contributed by atoms with Crippen molar-refractivity contribution in [1.82, 2.24) is 10.3 Å². The molecule has 2 N–H and O–H groups in total. The van der Waals surface area contributed by atoms with Crippen LogP contribution in [0.2, 0.25) is 10.2 Å². The first-order chi connectivity index (χ1) is 11.8. The zero-order valence-electron chi connectivity index (χ0n) is 13.9. The first kappa shape index (κ1) is 19.3. The summed E-state index contributed by atoms with van der Waals surface area (Å²) in [6.07, 6.45) is 1.44. The van der Waals surface area contributed by atoms with E-state index >= 15 is 0 Å². The molecule has 0 bridgehead atoms. The van der Waals surface area contributed by atoms with Gasteiger partial charge in [-0.1, -0.05) is 40.6 Å². The molecule has 2 aromatic rings. The van der Waals surface area contributed by atoms with Gasteiger partial charge in [0.05, 0.1) is 4.88 Å². The molecule has 0 spiro atoms. The smallest absolute Gasteiger partial charge is 0.262 e. The van der Waals surface area contributed by atoms with Gasteiger partial charge in [-0.15, -0.1) is 0 Å². The van der Waals surface area contributed by atoms with Gasteiger partial charge in [0.1, 0.15) is 16.8 Å². The molecule has 0 fully saturated rings. The van der Waals surface area contributed by atoms with E-state index in [2.05, 4.69) is 15.6 Å². The molecule has 0 aliphatic heterocycles. The normalized spacial score (nSPS) is 11.3. The number of hydrogen-bond donors (Lipinski definition) is 2. The van der Waals surface area contributed by atoms with Crippen molar-refractivity contribution in [2.24, 2.45) is 0 Å². The van der Waals surface area contributed by atoms with Crippen molar-refractivity contribution in [2.45, 2.75) is 26.8 Å². The first-order valence-electron chi connectivity index (χ1n) is 7.42. The number of nitrogens with zero attached hydrogens (tertiary/aromatic N) is 2. The van der Waals surface area contributed by atoms with E-state index in [1.807, 2.05) is 39.0 Å². The lowest BCUT2D eigenvalue weighted by molar-refractivity contribution is -0.117. The van der Waals surface area contributed by atoms with Crippen molar-refractivity contribution >= 4 is 57.3 Å². The van der Waals surface area contributed by atoms with E-state index in [0.29, 0.717) is 15.0 Å². The van der Waals surface area contributed by atoms with Crippen LogP contribution in [0.15, 0.2) is 23.8 Å². The highest BCUT2D eigenvalue weighted by molar-refractivity contribution is 7.17. The topological polar surface area (TPSA) is 77.8 Å². The van der Waals surface area contributed by atoms with Crippen LogP contribution in [0.3, 0.4) is 0 Å². The molecule has 1 heterocycles. The predicted molar refractivity (Wildman–Crippen MR) is 103 cm³/mol. The Hall–Kier alpha value is -2.07. The van der Waals surface area contributed by atoms with Gasteiger partial charge in [-0.3, -0.25) is 4.79 Å². The van der Waals surface area contributed by atoms with Gasteiger partial charge in [-0.2, -0.15) is 5.26 Å². The molecule has 0 saturated carbocycles. The molecule has 1 aromatic heterocycles. The second-order valence-electron chi connectivity index (χ2n) is 5.56. The van der Waals surface area contributed by atoms with Crippen LogP contribution < -0.4 is 10.6 Å². The Morgan fingerprint density at radius 1 is 1.40 bits per heavy atom. The number of hydrogen-bond acceptors (Lipinski definition) is 5. The van der Waals surface area contributed by atoms with E-state index in [1.165, 1.54) is 17.4 Å². The van der Waals surface area contributed by atoms with E-state index in [4.69, 9.17) is 23.2 Å². The number of amides is 1. The summed E-state index contributed by atoms with van der Waals surface area (Å²) in [5, 5.41) is 16.4. The average molecular weight is 395 g/mol. The minimum absolute atomic E-state index is 0.0239.